The van der Waals surface area contributed by atoms with Gasteiger partial charge in [-0.2, -0.15) is 0 Å². The van der Waals surface area contributed by atoms with E-state index in [2.05, 4.69) is 29.4 Å². The van der Waals surface area contributed by atoms with Crippen molar-refractivity contribution in [1.29, 1.82) is 0 Å². The van der Waals surface area contributed by atoms with E-state index in [4.69, 9.17) is 0 Å². The predicted molar refractivity (Wildman–Crippen MR) is 122 cm³/mol. The maximum Gasteiger partial charge on any atom is 0.251 e. The van der Waals surface area contributed by atoms with E-state index >= 15 is 0 Å². The Morgan fingerprint density at radius 3 is 2.39 bits per heavy atom. The van der Waals surface area contributed by atoms with Gasteiger partial charge >= 0.3 is 0 Å². The molecule has 1 aromatic heterocycles. The fraction of sp³-hybridized carbons (Fsp3) is 0.407. The summed E-state index contributed by atoms with van der Waals surface area (Å²) < 4.78 is 14.1. The number of carbonyl (C=O) groups excluding carboxylic acids is 1. The lowest BCUT2D eigenvalue weighted by Gasteiger charge is -2.33. The molecule has 160 valence electrons. The van der Waals surface area contributed by atoms with Gasteiger partial charge in [0.2, 0.25) is 0 Å². The number of para-hydroxylation sites is 1. The summed E-state index contributed by atoms with van der Waals surface area (Å²) in [4.78, 5) is 16.9. The summed E-state index contributed by atoms with van der Waals surface area (Å²) in [5.74, 6) is 1.36. The summed E-state index contributed by atoms with van der Waals surface area (Å²) in [6, 6.07) is 15.5. The zero-order chi connectivity index (χ0) is 21.4. The molecule has 5 rings (SSSR count). The first-order chi connectivity index (χ1) is 15.1. The third-order valence-electron chi connectivity index (χ3n) is 7.25. The Morgan fingerprint density at radius 1 is 0.968 bits per heavy atom. The molecule has 1 atom stereocenters. The second-order valence-electron chi connectivity index (χ2n) is 9.31. The van der Waals surface area contributed by atoms with Crippen molar-refractivity contribution in [3.05, 3.63) is 77.2 Å². The normalized spacial score (nSPS) is 22.3. The molecule has 3 aromatic rings. The molecule has 2 aliphatic carbocycles. The van der Waals surface area contributed by atoms with E-state index in [-0.39, 0.29) is 17.8 Å². The Morgan fingerprint density at radius 2 is 1.68 bits per heavy atom. The van der Waals surface area contributed by atoms with Crippen molar-refractivity contribution in [3.63, 3.8) is 0 Å². The van der Waals surface area contributed by atoms with Crippen LogP contribution in [0.2, 0.25) is 0 Å². The van der Waals surface area contributed by atoms with E-state index in [1.165, 1.54) is 30.0 Å². The minimum absolute atomic E-state index is 0.0209. The second-order valence-corrected chi connectivity index (χ2v) is 9.31. The minimum Gasteiger partial charge on any atom is -0.349 e. The molecule has 2 fully saturated rings. The Balaban J connectivity index is 1.20. The van der Waals surface area contributed by atoms with Crippen molar-refractivity contribution in [1.82, 2.24) is 10.3 Å². The van der Waals surface area contributed by atoms with Crippen LogP contribution in [-0.2, 0) is 0 Å². The lowest BCUT2D eigenvalue weighted by atomic mass is 9.75. The first-order valence-corrected chi connectivity index (χ1v) is 11.5. The average molecular weight is 417 g/mol. The maximum absolute atomic E-state index is 14.1. The number of fused-ring (bicyclic) bond motifs is 1. The van der Waals surface area contributed by atoms with E-state index in [1.807, 2.05) is 24.3 Å². The van der Waals surface area contributed by atoms with Crippen molar-refractivity contribution in [2.45, 2.75) is 63.3 Å². The number of amides is 1. The average Bonchev–Trinajstić information content (AvgIpc) is 3.65. The van der Waals surface area contributed by atoms with Gasteiger partial charge < -0.3 is 5.32 Å². The molecule has 1 N–H and O–H groups in total. The van der Waals surface area contributed by atoms with Gasteiger partial charge in [-0.1, -0.05) is 24.3 Å². The smallest absolute Gasteiger partial charge is 0.251 e. The molecule has 3 nitrogen and oxygen atoms in total. The van der Waals surface area contributed by atoms with Crippen LogP contribution >= 0.6 is 0 Å². The van der Waals surface area contributed by atoms with Gasteiger partial charge in [-0.15, -0.1) is 0 Å². The molecule has 1 heterocycles. The summed E-state index contributed by atoms with van der Waals surface area (Å²) in [5.41, 5.74) is 3.77. The van der Waals surface area contributed by atoms with Gasteiger partial charge in [-0.3, -0.25) is 9.78 Å². The number of nitrogens with zero attached hydrogens (tertiary/aromatic N) is 1. The van der Waals surface area contributed by atoms with Crippen LogP contribution < -0.4 is 5.32 Å². The number of rotatable bonds is 5. The van der Waals surface area contributed by atoms with Crippen LogP contribution in [0, 0.1) is 11.7 Å². The lowest BCUT2D eigenvalue weighted by molar-refractivity contribution is 0.0918. The molecule has 1 amide bonds. The summed E-state index contributed by atoms with van der Waals surface area (Å²) in [6.07, 6.45) is 8.50. The third kappa shape index (κ3) is 4.21. The quantitative estimate of drug-likeness (QED) is 0.527. The number of aromatic nitrogens is 1. The third-order valence-corrected chi connectivity index (χ3v) is 7.25. The lowest BCUT2D eigenvalue weighted by Crippen LogP contribution is -2.39. The Bertz CT molecular complexity index is 1080. The van der Waals surface area contributed by atoms with Gasteiger partial charge in [-0.25, -0.2) is 4.39 Å². The molecule has 0 saturated heterocycles. The van der Waals surface area contributed by atoms with Crippen molar-refractivity contribution >= 4 is 16.8 Å². The van der Waals surface area contributed by atoms with Gasteiger partial charge in [0, 0.05) is 23.2 Å². The van der Waals surface area contributed by atoms with Crippen LogP contribution in [0.15, 0.2) is 54.7 Å². The molecular formula is C27H29FN2O. The number of hydrogen-bond donors (Lipinski definition) is 1. The zero-order valence-electron chi connectivity index (χ0n) is 18.0. The molecule has 0 radical (unpaired) electrons. The van der Waals surface area contributed by atoms with Crippen molar-refractivity contribution in [2.75, 3.05) is 0 Å². The van der Waals surface area contributed by atoms with Gasteiger partial charge in [0.15, 0.2) is 0 Å². The highest BCUT2D eigenvalue weighted by Gasteiger charge is 2.28. The van der Waals surface area contributed by atoms with Gasteiger partial charge in [-0.05, 0) is 98.6 Å². The monoisotopic (exact) mass is 416 g/mol. The zero-order valence-corrected chi connectivity index (χ0v) is 18.0. The summed E-state index contributed by atoms with van der Waals surface area (Å²) >= 11 is 0. The highest BCUT2D eigenvalue weighted by molar-refractivity contribution is 5.94. The van der Waals surface area contributed by atoms with Gasteiger partial charge in [0.25, 0.3) is 5.91 Å². The topological polar surface area (TPSA) is 42.0 Å². The van der Waals surface area contributed by atoms with Crippen LogP contribution in [-0.4, -0.2) is 16.9 Å². The summed E-state index contributed by atoms with van der Waals surface area (Å²) in [5, 5.41) is 4.16. The van der Waals surface area contributed by atoms with Crippen LogP contribution in [0.5, 0.6) is 0 Å². The standard InChI is InChI=1S/C27H29FN2O/c1-17(30-27(31)22-13-9-20(10-14-22)19-7-8-19)18-5-11-21(12-6-18)23-15-16-29-26-24(23)3-2-4-25(26)28/h2-4,9-10,13-19,21H,5-8,11-12H2,1H3,(H,30,31)/t17-,18?,21?/m1/s1. The summed E-state index contributed by atoms with van der Waals surface area (Å²) in [7, 11) is 0. The molecule has 31 heavy (non-hydrogen) atoms. The number of hydrogen-bond acceptors (Lipinski definition) is 2. The van der Waals surface area contributed by atoms with E-state index in [9.17, 15) is 9.18 Å². The Hall–Kier alpha value is -2.75. The molecule has 0 aliphatic heterocycles. The fourth-order valence-corrected chi connectivity index (χ4v) is 5.18. The van der Waals surface area contributed by atoms with Crippen molar-refractivity contribution in [3.8, 4) is 0 Å². The number of pyridine rings is 1. The van der Waals surface area contributed by atoms with Crippen LogP contribution in [0.3, 0.4) is 0 Å². The molecule has 0 unspecified atom stereocenters. The first kappa shape index (κ1) is 20.2. The van der Waals surface area contributed by atoms with E-state index in [0.717, 1.165) is 36.6 Å². The Kier molecular flexibility index (Phi) is 5.47. The van der Waals surface area contributed by atoms with E-state index in [1.54, 1.807) is 12.3 Å². The van der Waals surface area contributed by atoms with Crippen LogP contribution in [0.1, 0.15) is 78.8 Å². The Labute approximate surface area is 183 Å². The fourth-order valence-electron chi connectivity index (χ4n) is 5.18. The number of benzene rings is 2. The van der Waals surface area contributed by atoms with Gasteiger partial charge in [0.1, 0.15) is 11.3 Å². The molecule has 2 saturated carbocycles. The molecule has 0 bridgehead atoms. The predicted octanol–water partition coefficient (Wildman–Crippen LogP) is 6.34. The summed E-state index contributed by atoms with van der Waals surface area (Å²) in [6.45, 7) is 2.12. The van der Waals surface area contributed by atoms with Crippen LogP contribution in [0.4, 0.5) is 4.39 Å². The number of halogens is 1. The second kappa shape index (κ2) is 8.41. The highest BCUT2D eigenvalue weighted by Crippen LogP contribution is 2.40. The molecular weight excluding hydrogens is 387 g/mol. The first-order valence-electron chi connectivity index (χ1n) is 11.5. The van der Waals surface area contributed by atoms with Crippen molar-refractivity contribution in [2.24, 2.45) is 5.92 Å². The molecule has 2 aromatic carbocycles. The maximum atomic E-state index is 14.1. The highest BCUT2D eigenvalue weighted by atomic mass is 19.1. The van der Waals surface area contributed by atoms with E-state index < -0.39 is 0 Å². The number of nitrogens with one attached hydrogen (secondary N) is 1. The largest absolute Gasteiger partial charge is 0.349 e. The number of carbonyl (C=O) groups is 1. The SMILES string of the molecule is C[C@@H](NC(=O)c1ccc(C2CC2)cc1)C1CCC(c2ccnc3c(F)cccc23)CC1. The molecule has 2 aliphatic rings. The minimum atomic E-state index is -0.255. The van der Waals surface area contributed by atoms with Crippen LogP contribution in [0.25, 0.3) is 10.9 Å². The molecule has 4 heteroatoms. The van der Waals surface area contributed by atoms with Gasteiger partial charge in [0.05, 0.1) is 0 Å². The molecule has 0 spiro atoms. The van der Waals surface area contributed by atoms with E-state index in [0.29, 0.717) is 23.3 Å². The van der Waals surface area contributed by atoms with Crippen molar-refractivity contribution < 1.29 is 9.18 Å².